The third kappa shape index (κ3) is 9.28. The number of aliphatic imine (C=N–C) groups is 1. The van der Waals surface area contributed by atoms with Gasteiger partial charge in [-0.15, -0.1) is 0 Å². The maximum atomic E-state index is 11.5. The molecule has 0 atom stereocenters. The van der Waals surface area contributed by atoms with Crippen LogP contribution < -0.4 is 21.3 Å². The van der Waals surface area contributed by atoms with Gasteiger partial charge in [-0.25, -0.2) is 4.79 Å². The first-order chi connectivity index (χ1) is 12.7. The number of para-hydroxylation sites is 2. The van der Waals surface area contributed by atoms with Crippen molar-refractivity contribution in [2.24, 2.45) is 4.99 Å². The third-order valence-corrected chi connectivity index (χ3v) is 3.14. The number of guanidine groups is 1. The number of nitro groups is 1. The summed E-state index contributed by atoms with van der Waals surface area (Å²) in [4.78, 5) is 26.1. The summed E-state index contributed by atoms with van der Waals surface area (Å²) in [5, 5.41) is 22.7. The van der Waals surface area contributed by atoms with Crippen LogP contribution >= 0.6 is 0 Å². The Hall–Kier alpha value is -3.04. The standard InChI is InChI=1S/C17H28N6O4/c1-17(2,3)27-16(24)22-12-11-21-15(18-4)20-10-9-19-13-7-5-6-8-14(13)23(25)26/h5-8,19H,9-12H2,1-4H3,(H,22,24)(H2,18,20,21). The summed E-state index contributed by atoms with van der Waals surface area (Å²) in [7, 11) is 1.63. The highest BCUT2D eigenvalue weighted by Crippen LogP contribution is 2.22. The molecule has 0 aliphatic carbocycles. The summed E-state index contributed by atoms with van der Waals surface area (Å²) in [5.74, 6) is 0.561. The van der Waals surface area contributed by atoms with Gasteiger partial charge in [-0.1, -0.05) is 12.1 Å². The van der Waals surface area contributed by atoms with Crippen LogP contribution in [0.25, 0.3) is 0 Å². The van der Waals surface area contributed by atoms with Gasteiger partial charge in [0.1, 0.15) is 11.3 Å². The van der Waals surface area contributed by atoms with E-state index in [1.807, 2.05) is 0 Å². The number of rotatable bonds is 8. The van der Waals surface area contributed by atoms with Crippen molar-refractivity contribution in [3.8, 4) is 0 Å². The second-order valence-electron chi connectivity index (χ2n) is 6.56. The molecular formula is C17H28N6O4. The number of nitro benzene ring substituents is 1. The molecule has 1 aromatic carbocycles. The molecular weight excluding hydrogens is 352 g/mol. The highest BCUT2D eigenvalue weighted by atomic mass is 16.6. The fourth-order valence-corrected chi connectivity index (χ4v) is 2.04. The molecule has 1 aromatic rings. The second-order valence-corrected chi connectivity index (χ2v) is 6.56. The fraction of sp³-hybridized carbons (Fsp3) is 0.529. The molecule has 0 bridgehead atoms. The smallest absolute Gasteiger partial charge is 0.407 e. The van der Waals surface area contributed by atoms with Gasteiger partial charge in [-0.2, -0.15) is 0 Å². The van der Waals surface area contributed by atoms with Gasteiger partial charge in [0.05, 0.1) is 4.92 Å². The van der Waals surface area contributed by atoms with Crippen LogP contribution in [0.1, 0.15) is 20.8 Å². The van der Waals surface area contributed by atoms with Gasteiger partial charge < -0.3 is 26.0 Å². The Bertz CT molecular complexity index is 657. The predicted octanol–water partition coefficient (Wildman–Crippen LogP) is 1.70. The van der Waals surface area contributed by atoms with E-state index in [1.54, 1.807) is 46.0 Å². The topological polar surface area (TPSA) is 130 Å². The van der Waals surface area contributed by atoms with Gasteiger partial charge >= 0.3 is 6.09 Å². The summed E-state index contributed by atoms with van der Waals surface area (Å²) in [6.07, 6.45) is -0.471. The lowest BCUT2D eigenvalue weighted by Gasteiger charge is -2.20. The number of anilines is 1. The molecule has 0 saturated heterocycles. The van der Waals surface area contributed by atoms with Gasteiger partial charge in [0.25, 0.3) is 5.69 Å². The van der Waals surface area contributed by atoms with Gasteiger partial charge in [0.2, 0.25) is 0 Å². The van der Waals surface area contributed by atoms with Crippen LogP contribution in [0.4, 0.5) is 16.2 Å². The van der Waals surface area contributed by atoms with E-state index in [4.69, 9.17) is 4.74 Å². The molecule has 10 nitrogen and oxygen atoms in total. The van der Waals surface area contributed by atoms with Gasteiger partial charge in [-0.3, -0.25) is 15.1 Å². The summed E-state index contributed by atoms with van der Waals surface area (Å²) in [5.41, 5.74) is -0.0299. The number of ether oxygens (including phenoxy) is 1. The number of benzene rings is 1. The lowest BCUT2D eigenvalue weighted by Crippen LogP contribution is -2.43. The van der Waals surface area contributed by atoms with E-state index >= 15 is 0 Å². The molecule has 0 unspecified atom stereocenters. The zero-order chi connectivity index (χ0) is 20.3. The van der Waals surface area contributed by atoms with Crippen molar-refractivity contribution >= 4 is 23.4 Å². The van der Waals surface area contributed by atoms with Crippen molar-refractivity contribution in [2.75, 3.05) is 38.5 Å². The average molecular weight is 380 g/mol. The molecule has 0 radical (unpaired) electrons. The number of carbonyl (C=O) groups is 1. The molecule has 10 heteroatoms. The first kappa shape index (κ1) is 22.0. The third-order valence-electron chi connectivity index (χ3n) is 3.14. The van der Waals surface area contributed by atoms with Crippen LogP contribution in [-0.2, 0) is 4.74 Å². The number of carbonyl (C=O) groups excluding carboxylic acids is 1. The van der Waals surface area contributed by atoms with Crippen molar-refractivity contribution in [1.29, 1.82) is 0 Å². The summed E-state index contributed by atoms with van der Waals surface area (Å²) in [6.45, 7) is 7.23. The zero-order valence-corrected chi connectivity index (χ0v) is 16.2. The van der Waals surface area contributed by atoms with E-state index in [9.17, 15) is 14.9 Å². The highest BCUT2D eigenvalue weighted by molar-refractivity contribution is 5.79. The number of hydrogen-bond acceptors (Lipinski definition) is 6. The summed E-state index contributed by atoms with van der Waals surface area (Å²) >= 11 is 0. The van der Waals surface area contributed by atoms with Crippen LogP contribution in [0, 0.1) is 10.1 Å². The first-order valence-electron chi connectivity index (χ1n) is 8.61. The fourth-order valence-electron chi connectivity index (χ4n) is 2.04. The maximum Gasteiger partial charge on any atom is 0.407 e. The monoisotopic (exact) mass is 380 g/mol. The molecule has 0 aliphatic heterocycles. The SMILES string of the molecule is CN=C(NCCNC(=O)OC(C)(C)C)NCCNc1ccccc1[N+](=O)[O-]. The normalized spacial score (nSPS) is 11.5. The van der Waals surface area contributed by atoms with E-state index in [-0.39, 0.29) is 5.69 Å². The Kier molecular flexibility index (Phi) is 8.83. The van der Waals surface area contributed by atoms with Gasteiger partial charge in [0, 0.05) is 39.3 Å². The average Bonchev–Trinajstić information content (AvgIpc) is 2.59. The van der Waals surface area contributed by atoms with Gasteiger partial charge in [-0.05, 0) is 26.8 Å². The number of amides is 1. The van der Waals surface area contributed by atoms with Crippen LogP contribution in [0.15, 0.2) is 29.3 Å². The van der Waals surface area contributed by atoms with E-state index in [1.165, 1.54) is 6.07 Å². The molecule has 0 saturated carbocycles. The predicted molar refractivity (Wildman–Crippen MR) is 105 cm³/mol. The summed E-state index contributed by atoms with van der Waals surface area (Å²) < 4.78 is 5.14. The quantitative estimate of drug-likeness (QED) is 0.177. The molecule has 1 rings (SSSR count). The van der Waals surface area contributed by atoms with E-state index in [0.717, 1.165) is 0 Å². The van der Waals surface area contributed by atoms with Crippen LogP contribution in [0.2, 0.25) is 0 Å². The molecule has 0 aromatic heterocycles. The molecule has 150 valence electrons. The number of nitrogens with zero attached hydrogens (tertiary/aromatic N) is 2. The van der Waals surface area contributed by atoms with Crippen molar-refractivity contribution < 1.29 is 14.5 Å². The van der Waals surface area contributed by atoms with Crippen LogP contribution in [0.3, 0.4) is 0 Å². The molecule has 0 heterocycles. The van der Waals surface area contributed by atoms with E-state index in [0.29, 0.717) is 37.8 Å². The first-order valence-corrected chi connectivity index (χ1v) is 8.61. The Morgan fingerprint density at radius 1 is 1.11 bits per heavy atom. The maximum absolute atomic E-state index is 11.5. The number of hydrogen-bond donors (Lipinski definition) is 4. The Morgan fingerprint density at radius 2 is 1.70 bits per heavy atom. The van der Waals surface area contributed by atoms with E-state index in [2.05, 4.69) is 26.3 Å². The Labute approximate surface area is 158 Å². The Balaban J connectivity index is 2.26. The minimum atomic E-state index is -0.532. The number of alkyl carbamates (subject to hydrolysis) is 1. The van der Waals surface area contributed by atoms with Crippen molar-refractivity contribution in [3.05, 3.63) is 34.4 Å². The zero-order valence-electron chi connectivity index (χ0n) is 16.2. The number of nitrogens with one attached hydrogen (secondary N) is 4. The minimum Gasteiger partial charge on any atom is -0.444 e. The molecule has 1 amide bonds. The molecule has 4 N–H and O–H groups in total. The Morgan fingerprint density at radius 3 is 2.30 bits per heavy atom. The molecule has 0 aliphatic rings. The summed E-state index contributed by atoms with van der Waals surface area (Å²) in [6, 6.07) is 6.47. The molecule has 0 fully saturated rings. The van der Waals surface area contributed by atoms with Crippen LogP contribution in [0.5, 0.6) is 0 Å². The highest BCUT2D eigenvalue weighted by Gasteiger charge is 2.15. The van der Waals surface area contributed by atoms with Gasteiger partial charge in [0.15, 0.2) is 5.96 Å². The molecule has 0 spiro atoms. The van der Waals surface area contributed by atoms with Crippen molar-refractivity contribution in [2.45, 2.75) is 26.4 Å². The van der Waals surface area contributed by atoms with Crippen molar-refractivity contribution in [3.63, 3.8) is 0 Å². The lowest BCUT2D eigenvalue weighted by molar-refractivity contribution is -0.384. The van der Waals surface area contributed by atoms with Crippen LogP contribution in [-0.4, -0.2) is 55.8 Å². The molecule has 27 heavy (non-hydrogen) atoms. The lowest BCUT2D eigenvalue weighted by atomic mass is 10.2. The van der Waals surface area contributed by atoms with Crippen molar-refractivity contribution in [1.82, 2.24) is 16.0 Å². The minimum absolute atomic E-state index is 0.0354. The second kappa shape index (κ2) is 10.8. The van der Waals surface area contributed by atoms with E-state index < -0.39 is 16.6 Å². The largest absolute Gasteiger partial charge is 0.444 e.